The van der Waals surface area contributed by atoms with Crippen molar-refractivity contribution in [1.29, 1.82) is 0 Å². The van der Waals surface area contributed by atoms with E-state index in [0.717, 1.165) is 0 Å². The van der Waals surface area contributed by atoms with Gasteiger partial charge >= 0.3 is 0 Å². The largest absolute Gasteiger partial charge is 0.0654 e. The first-order chi connectivity index (χ1) is 9.24. The van der Waals surface area contributed by atoms with Crippen molar-refractivity contribution < 1.29 is 0 Å². The molecule has 100 valence electrons. The SMILES string of the molecule is CCCCP(c1ccccc1)c1cccc(C)c1C. The summed E-state index contributed by atoms with van der Waals surface area (Å²) in [4.78, 5) is 0. The molecule has 1 atom stereocenters. The summed E-state index contributed by atoms with van der Waals surface area (Å²) < 4.78 is 0. The molecule has 0 nitrogen and oxygen atoms in total. The van der Waals surface area contributed by atoms with Crippen LogP contribution in [0.5, 0.6) is 0 Å². The van der Waals surface area contributed by atoms with E-state index in [4.69, 9.17) is 0 Å². The van der Waals surface area contributed by atoms with E-state index in [0.29, 0.717) is 0 Å². The van der Waals surface area contributed by atoms with Crippen LogP contribution in [0.1, 0.15) is 30.9 Å². The van der Waals surface area contributed by atoms with Crippen molar-refractivity contribution in [3.8, 4) is 0 Å². The van der Waals surface area contributed by atoms with Crippen LogP contribution in [0.2, 0.25) is 0 Å². The second-order valence-electron chi connectivity index (χ2n) is 5.06. The molecular weight excluding hydrogens is 247 g/mol. The zero-order valence-electron chi connectivity index (χ0n) is 12.2. The number of unbranched alkanes of at least 4 members (excludes halogenated alkanes) is 1. The van der Waals surface area contributed by atoms with Gasteiger partial charge in [-0.3, -0.25) is 0 Å². The molecule has 0 saturated heterocycles. The molecule has 2 aromatic carbocycles. The van der Waals surface area contributed by atoms with E-state index in [9.17, 15) is 0 Å². The molecule has 0 amide bonds. The molecule has 0 aliphatic carbocycles. The van der Waals surface area contributed by atoms with Gasteiger partial charge < -0.3 is 0 Å². The van der Waals surface area contributed by atoms with Crippen LogP contribution in [-0.2, 0) is 0 Å². The topological polar surface area (TPSA) is 0 Å². The molecule has 1 unspecified atom stereocenters. The molecule has 19 heavy (non-hydrogen) atoms. The lowest BCUT2D eigenvalue weighted by Gasteiger charge is -2.21. The minimum absolute atomic E-state index is 0.194. The molecule has 0 heterocycles. The lowest BCUT2D eigenvalue weighted by atomic mass is 10.1. The van der Waals surface area contributed by atoms with Crippen LogP contribution < -0.4 is 10.6 Å². The average Bonchev–Trinajstić information content (AvgIpc) is 2.45. The van der Waals surface area contributed by atoms with E-state index in [1.165, 1.54) is 35.4 Å². The highest BCUT2D eigenvalue weighted by atomic mass is 31.1. The highest BCUT2D eigenvalue weighted by Gasteiger charge is 2.15. The lowest BCUT2D eigenvalue weighted by Crippen LogP contribution is -2.17. The van der Waals surface area contributed by atoms with Crippen LogP contribution in [0.25, 0.3) is 0 Å². The van der Waals surface area contributed by atoms with E-state index in [1.54, 1.807) is 5.30 Å². The Bertz CT molecular complexity index is 516. The summed E-state index contributed by atoms with van der Waals surface area (Å²) >= 11 is 0. The summed E-state index contributed by atoms with van der Waals surface area (Å²) in [5, 5.41) is 3.08. The Morgan fingerprint density at radius 2 is 1.63 bits per heavy atom. The number of hydrogen-bond donors (Lipinski definition) is 0. The fourth-order valence-electron chi connectivity index (χ4n) is 2.34. The maximum Gasteiger partial charge on any atom is -0.0163 e. The molecule has 2 aromatic rings. The predicted molar refractivity (Wildman–Crippen MR) is 88.3 cm³/mol. The highest BCUT2D eigenvalue weighted by molar-refractivity contribution is 7.73. The van der Waals surface area contributed by atoms with Crippen molar-refractivity contribution in [1.82, 2.24) is 0 Å². The smallest absolute Gasteiger partial charge is 0.0163 e. The molecule has 2 rings (SSSR count). The quantitative estimate of drug-likeness (QED) is 0.700. The minimum atomic E-state index is -0.194. The van der Waals surface area contributed by atoms with Gasteiger partial charge in [0.25, 0.3) is 0 Å². The fourth-order valence-corrected chi connectivity index (χ4v) is 5.13. The van der Waals surface area contributed by atoms with Crippen LogP contribution in [0.3, 0.4) is 0 Å². The Hall–Kier alpha value is -1.13. The number of aryl methyl sites for hydroxylation is 1. The number of hydrogen-bond acceptors (Lipinski definition) is 0. The van der Waals surface area contributed by atoms with E-state index >= 15 is 0 Å². The van der Waals surface area contributed by atoms with Gasteiger partial charge in [0.05, 0.1) is 0 Å². The van der Waals surface area contributed by atoms with E-state index in [-0.39, 0.29) is 7.92 Å². The van der Waals surface area contributed by atoms with E-state index in [1.807, 2.05) is 0 Å². The summed E-state index contributed by atoms with van der Waals surface area (Å²) in [6.45, 7) is 6.77. The Kier molecular flexibility index (Phi) is 5.16. The Labute approximate surface area is 118 Å². The predicted octanol–water partition coefficient (Wildman–Crippen LogP) is 4.54. The van der Waals surface area contributed by atoms with Gasteiger partial charge in [0.1, 0.15) is 0 Å². The second kappa shape index (κ2) is 6.87. The van der Waals surface area contributed by atoms with Crippen LogP contribution in [0.15, 0.2) is 48.5 Å². The van der Waals surface area contributed by atoms with Crippen LogP contribution in [-0.4, -0.2) is 6.16 Å². The Balaban J connectivity index is 2.40. The molecule has 0 saturated carbocycles. The molecule has 0 fully saturated rings. The number of rotatable bonds is 5. The van der Waals surface area contributed by atoms with Crippen LogP contribution in [0, 0.1) is 13.8 Å². The third kappa shape index (κ3) is 3.45. The first-order valence-corrected chi connectivity index (χ1v) is 8.65. The molecule has 0 N–H and O–H groups in total. The Morgan fingerprint density at radius 1 is 0.895 bits per heavy atom. The van der Waals surface area contributed by atoms with Crippen molar-refractivity contribution in [2.24, 2.45) is 0 Å². The fraction of sp³-hybridized carbons (Fsp3) is 0.333. The molecule has 0 bridgehead atoms. The molecule has 0 aliphatic heterocycles. The van der Waals surface area contributed by atoms with Gasteiger partial charge in [0.2, 0.25) is 0 Å². The second-order valence-corrected chi connectivity index (χ2v) is 7.36. The van der Waals surface area contributed by atoms with Gasteiger partial charge in [0.15, 0.2) is 0 Å². The zero-order chi connectivity index (χ0) is 13.7. The first-order valence-electron chi connectivity index (χ1n) is 7.13. The van der Waals surface area contributed by atoms with E-state index < -0.39 is 0 Å². The maximum absolute atomic E-state index is 2.33. The van der Waals surface area contributed by atoms with Gasteiger partial charge in [-0.15, -0.1) is 0 Å². The molecule has 1 heteroatoms. The highest BCUT2D eigenvalue weighted by Crippen LogP contribution is 2.36. The molecule has 0 aliphatic rings. The summed E-state index contributed by atoms with van der Waals surface area (Å²) in [6, 6.07) is 17.8. The van der Waals surface area contributed by atoms with Crippen molar-refractivity contribution in [3.63, 3.8) is 0 Å². The summed E-state index contributed by atoms with van der Waals surface area (Å²) in [5.41, 5.74) is 2.89. The minimum Gasteiger partial charge on any atom is -0.0654 e. The summed E-state index contributed by atoms with van der Waals surface area (Å²) in [5.74, 6) is 0. The summed E-state index contributed by atoms with van der Waals surface area (Å²) in [7, 11) is -0.194. The molecule has 0 spiro atoms. The van der Waals surface area contributed by atoms with Gasteiger partial charge in [-0.05, 0) is 56.1 Å². The standard InChI is InChI=1S/C18H23P/c1-4-5-14-19(17-11-7-6-8-12-17)18-13-9-10-15(2)16(18)3/h6-13H,4-5,14H2,1-3H3. The van der Waals surface area contributed by atoms with Gasteiger partial charge in [-0.2, -0.15) is 0 Å². The van der Waals surface area contributed by atoms with Crippen molar-refractivity contribution in [2.75, 3.05) is 6.16 Å². The monoisotopic (exact) mass is 270 g/mol. The van der Waals surface area contributed by atoms with Gasteiger partial charge in [-0.1, -0.05) is 61.9 Å². The normalized spacial score (nSPS) is 12.4. The Morgan fingerprint density at radius 3 is 2.32 bits per heavy atom. The van der Waals surface area contributed by atoms with Crippen molar-refractivity contribution in [3.05, 3.63) is 59.7 Å². The van der Waals surface area contributed by atoms with Crippen molar-refractivity contribution in [2.45, 2.75) is 33.6 Å². The summed E-state index contributed by atoms with van der Waals surface area (Å²) in [6.07, 6.45) is 3.89. The molecule has 0 radical (unpaired) electrons. The van der Waals surface area contributed by atoms with Crippen LogP contribution >= 0.6 is 7.92 Å². The zero-order valence-corrected chi connectivity index (χ0v) is 13.1. The van der Waals surface area contributed by atoms with Gasteiger partial charge in [-0.25, -0.2) is 0 Å². The van der Waals surface area contributed by atoms with Crippen molar-refractivity contribution >= 4 is 18.5 Å². The number of benzene rings is 2. The lowest BCUT2D eigenvalue weighted by molar-refractivity contribution is 0.893. The third-order valence-corrected chi connectivity index (χ3v) is 6.42. The van der Waals surface area contributed by atoms with Crippen LogP contribution in [0.4, 0.5) is 0 Å². The first kappa shape index (κ1) is 14.3. The average molecular weight is 270 g/mol. The van der Waals surface area contributed by atoms with Gasteiger partial charge in [0, 0.05) is 0 Å². The maximum atomic E-state index is 2.33. The molecular formula is C18H23P. The van der Waals surface area contributed by atoms with E-state index in [2.05, 4.69) is 69.3 Å². The molecule has 0 aromatic heterocycles. The third-order valence-electron chi connectivity index (χ3n) is 3.67.